The average molecular weight is 352 g/mol. The predicted octanol–water partition coefficient (Wildman–Crippen LogP) is 3.48. The third-order valence-electron chi connectivity index (χ3n) is 4.59. The van der Waals surface area contributed by atoms with Crippen molar-refractivity contribution in [3.05, 3.63) is 63.5 Å². The molecule has 0 bridgehead atoms. The molecule has 0 fully saturated rings. The first kappa shape index (κ1) is 17.9. The summed E-state index contributed by atoms with van der Waals surface area (Å²) in [6.07, 6.45) is 3.55. The summed E-state index contributed by atoms with van der Waals surface area (Å²) in [4.78, 5) is 17.5. The molecule has 136 valence electrons. The van der Waals surface area contributed by atoms with Crippen LogP contribution in [0.4, 0.5) is 0 Å². The lowest BCUT2D eigenvalue weighted by Crippen LogP contribution is -2.24. The molecule has 0 aliphatic heterocycles. The van der Waals surface area contributed by atoms with E-state index in [1.54, 1.807) is 31.0 Å². The van der Waals surface area contributed by atoms with Crippen molar-refractivity contribution >= 4 is 0 Å². The van der Waals surface area contributed by atoms with Gasteiger partial charge in [0.15, 0.2) is 5.82 Å². The van der Waals surface area contributed by atoms with Crippen LogP contribution in [0.1, 0.15) is 42.3 Å². The van der Waals surface area contributed by atoms with Crippen LogP contribution in [0.15, 0.2) is 35.4 Å². The molecule has 3 aromatic rings. The normalized spacial score (nSPS) is 11.2. The fourth-order valence-electron chi connectivity index (χ4n) is 3.11. The summed E-state index contributed by atoms with van der Waals surface area (Å²) < 4.78 is 8.84. The quantitative estimate of drug-likeness (QED) is 0.721. The van der Waals surface area contributed by atoms with Gasteiger partial charge in [0.2, 0.25) is 0 Å². The summed E-state index contributed by atoms with van der Waals surface area (Å²) in [5.41, 5.74) is 4.09. The van der Waals surface area contributed by atoms with Gasteiger partial charge >= 0.3 is 0 Å². The summed E-state index contributed by atoms with van der Waals surface area (Å²) in [6, 6.07) is 5.78. The van der Waals surface area contributed by atoms with Gasteiger partial charge in [-0.3, -0.25) is 9.36 Å². The van der Waals surface area contributed by atoms with Crippen LogP contribution in [-0.4, -0.2) is 26.4 Å². The molecule has 3 aromatic heterocycles. The molecule has 3 rings (SSSR count). The third kappa shape index (κ3) is 2.92. The van der Waals surface area contributed by atoms with Crippen LogP contribution in [0.25, 0.3) is 11.5 Å². The Morgan fingerprint density at radius 3 is 2.54 bits per heavy atom. The minimum atomic E-state index is -0.0911. The summed E-state index contributed by atoms with van der Waals surface area (Å²) >= 11 is 0. The number of methoxy groups -OCH3 is 1. The maximum Gasteiger partial charge on any atom is 0.261 e. The Morgan fingerprint density at radius 2 is 1.88 bits per heavy atom. The van der Waals surface area contributed by atoms with Crippen molar-refractivity contribution < 1.29 is 4.74 Å². The van der Waals surface area contributed by atoms with Gasteiger partial charge in [0, 0.05) is 35.9 Å². The highest BCUT2D eigenvalue weighted by atomic mass is 16.5. The standard InChI is InChI=1S/C20H24N4O2/c1-12(2)16-7-8-22-24(16)19-10-17(13(3)11-21-19)23-14(4)9-18(26-6)15(5)20(23)25/h7-12H,1-6H3. The smallest absolute Gasteiger partial charge is 0.261 e. The molecule has 6 nitrogen and oxygen atoms in total. The highest BCUT2D eigenvalue weighted by molar-refractivity contribution is 5.48. The van der Waals surface area contributed by atoms with E-state index >= 15 is 0 Å². The molecule has 0 spiro atoms. The molecule has 0 N–H and O–H groups in total. The highest BCUT2D eigenvalue weighted by Gasteiger charge is 2.16. The van der Waals surface area contributed by atoms with Crippen molar-refractivity contribution in [2.75, 3.05) is 7.11 Å². The van der Waals surface area contributed by atoms with E-state index in [1.165, 1.54) is 0 Å². The van der Waals surface area contributed by atoms with Crippen LogP contribution < -0.4 is 10.3 Å². The molecule has 26 heavy (non-hydrogen) atoms. The average Bonchev–Trinajstić information content (AvgIpc) is 3.09. The fourth-order valence-corrected chi connectivity index (χ4v) is 3.11. The van der Waals surface area contributed by atoms with Gasteiger partial charge in [0.1, 0.15) is 5.75 Å². The number of rotatable bonds is 4. The zero-order chi connectivity index (χ0) is 19.0. The molecule has 0 aromatic carbocycles. The number of nitrogens with zero attached hydrogens (tertiary/aromatic N) is 4. The Morgan fingerprint density at radius 1 is 1.15 bits per heavy atom. The molecule has 0 aliphatic rings. The highest BCUT2D eigenvalue weighted by Crippen LogP contribution is 2.23. The van der Waals surface area contributed by atoms with Crippen molar-refractivity contribution in [1.82, 2.24) is 19.3 Å². The summed E-state index contributed by atoms with van der Waals surface area (Å²) in [6.45, 7) is 9.85. The van der Waals surface area contributed by atoms with Crippen LogP contribution in [0.2, 0.25) is 0 Å². The van der Waals surface area contributed by atoms with E-state index in [-0.39, 0.29) is 5.56 Å². The van der Waals surface area contributed by atoms with Gasteiger partial charge in [-0.15, -0.1) is 0 Å². The lowest BCUT2D eigenvalue weighted by atomic mass is 10.1. The Hall–Kier alpha value is -2.89. The van der Waals surface area contributed by atoms with Crippen LogP contribution >= 0.6 is 0 Å². The Labute approximate surface area is 153 Å². The van der Waals surface area contributed by atoms with Crippen molar-refractivity contribution in [3.8, 4) is 17.3 Å². The van der Waals surface area contributed by atoms with E-state index in [0.29, 0.717) is 23.0 Å². The van der Waals surface area contributed by atoms with Gasteiger partial charge < -0.3 is 4.74 Å². The fraction of sp³-hybridized carbons (Fsp3) is 0.350. The lowest BCUT2D eigenvalue weighted by Gasteiger charge is -2.17. The van der Waals surface area contributed by atoms with Crippen LogP contribution in [0, 0.1) is 20.8 Å². The maximum atomic E-state index is 12.9. The molecule has 0 amide bonds. The van der Waals surface area contributed by atoms with Gasteiger partial charge in [-0.05, 0) is 38.3 Å². The first-order valence-corrected chi connectivity index (χ1v) is 8.63. The molecule has 0 unspecified atom stereocenters. The minimum absolute atomic E-state index is 0.0911. The van der Waals surface area contributed by atoms with Gasteiger partial charge in [0.25, 0.3) is 5.56 Å². The zero-order valence-electron chi connectivity index (χ0n) is 16.1. The van der Waals surface area contributed by atoms with Gasteiger partial charge in [-0.1, -0.05) is 13.8 Å². The van der Waals surface area contributed by atoms with E-state index in [0.717, 1.165) is 22.6 Å². The molecule has 0 saturated carbocycles. The zero-order valence-corrected chi connectivity index (χ0v) is 16.1. The summed E-state index contributed by atoms with van der Waals surface area (Å²) in [5, 5.41) is 4.41. The van der Waals surface area contributed by atoms with Crippen LogP contribution in [0.5, 0.6) is 5.75 Å². The number of pyridine rings is 2. The molecule has 6 heteroatoms. The maximum absolute atomic E-state index is 12.9. The van der Waals surface area contributed by atoms with Crippen LogP contribution in [-0.2, 0) is 0 Å². The second-order valence-electron chi connectivity index (χ2n) is 6.77. The van der Waals surface area contributed by atoms with Crippen LogP contribution in [0.3, 0.4) is 0 Å². The Kier molecular flexibility index (Phi) is 4.68. The van der Waals surface area contributed by atoms with Crippen molar-refractivity contribution in [2.24, 2.45) is 0 Å². The number of aromatic nitrogens is 4. The third-order valence-corrected chi connectivity index (χ3v) is 4.59. The number of aryl methyl sites for hydroxylation is 2. The summed E-state index contributed by atoms with van der Waals surface area (Å²) in [5.74, 6) is 1.61. The molecule has 0 radical (unpaired) electrons. The SMILES string of the molecule is COc1cc(C)n(-c2cc(-n3nccc3C(C)C)ncc2C)c(=O)c1C. The van der Waals surface area contributed by atoms with E-state index in [4.69, 9.17) is 4.74 Å². The Balaban J connectivity index is 2.24. The molecule has 0 aliphatic carbocycles. The molecule has 0 atom stereocenters. The lowest BCUT2D eigenvalue weighted by molar-refractivity contribution is 0.409. The molecular formula is C20H24N4O2. The van der Waals surface area contributed by atoms with Crippen molar-refractivity contribution in [2.45, 2.75) is 40.5 Å². The van der Waals surface area contributed by atoms with Gasteiger partial charge in [-0.25, -0.2) is 9.67 Å². The molecular weight excluding hydrogens is 328 g/mol. The Bertz CT molecular complexity index is 1020. The number of ether oxygens (including phenoxy) is 1. The van der Waals surface area contributed by atoms with E-state index < -0.39 is 0 Å². The second-order valence-corrected chi connectivity index (χ2v) is 6.77. The largest absolute Gasteiger partial charge is 0.496 e. The van der Waals surface area contributed by atoms with Gasteiger partial charge in [-0.2, -0.15) is 5.10 Å². The summed E-state index contributed by atoms with van der Waals surface area (Å²) in [7, 11) is 1.58. The first-order valence-electron chi connectivity index (χ1n) is 8.63. The number of hydrogen-bond donors (Lipinski definition) is 0. The first-order chi connectivity index (χ1) is 12.3. The van der Waals surface area contributed by atoms with E-state index in [2.05, 4.69) is 23.9 Å². The van der Waals surface area contributed by atoms with E-state index in [1.807, 2.05) is 36.7 Å². The van der Waals surface area contributed by atoms with Crippen molar-refractivity contribution in [3.63, 3.8) is 0 Å². The van der Waals surface area contributed by atoms with E-state index in [9.17, 15) is 4.79 Å². The molecule has 0 saturated heterocycles. The minimum Gasteiger partial charge on any atom is -0.496 e. The topological polar surface area (TPSA) is 61.9 Å². The number of hydrogen-bond acceptors (Lipinski definition) is 4. The molecule has 3 heterocycles. The monoisotopic (exact) mass is 352 g/mol. The second kappa shape index (κ2) is 6.78. The predicted molar refractivity (Wildman–Crippen MR) is 102 cm³/mol. The van der Waals surface area contributed by atoms with Crippen molar-refractivity contribution in [1.29, 1.82) is 0 Å². The van der Waals surface area contributed by atoms with Gasteiger partial charge in [0.05, 0.1) is 18.4 Å².